The first kappa shape index (κ1) is 12.6. The summed E-state index contributed by atoms with van der Waals surface area (Å²) in [5, 5.41) is 0.00320. The number of nitrogens with zero attached hydrogens (tertiary/aromatic N) is 1. The molecular weight excluding hydrogens is 260 g/mol. The van der Waals surface area contributed by atoms with E-state index in [1.165, 1.54) is 18.3 Å². The minimum Gasteiger partial charge on any atom is -0.287 e. The summed E-state index contributed by atoms with van der Waals surface area (Å²) >= 11 is 5.84. The normalized spacial score (nSPS) is 10.7. The van der Waals surface area contributed by atoms with Gasteiger partial charge in [0.1, 0.15) is 5.69 Å². The first-order chi connectivity index (χ1) is 8.59. The van der Waals surface area contributed by atoms with E-state index >= 15 is 0 Å². The second kappa shape index (κ2) is 5.23. The van der Waals surface area contributed by atoms with Crippen LogP contribution in [0.1, 0.15) is 28.0 Å². The van der Waals surface area contributed by atoms with Gasteiger partial charge in [0.05, 0.1) is 5.02 Å². The number of alkyl halides is 2. The summed E-state index contributed by atoms with van der Waals surface area (Å²) < 4.78 is 24.9. The summed E-state index contributed by atoms with van der Waals surface area (Å²) in [7, 11) is 0. The summed E-state index contributed by atoms with van der Waals surface area (Å²) in [6.07, 6.45) is -1.13. The molecule has 0 bridgehead atoms. The average Bonchev–Trinajstić information content (AvgIpc) is 2.38. The summed E-state index contributed by atoms with van der Waals surface area (Å²) in [4.78, 5) is 15.9. The van der Waals surface area contributed by atoms with E-state index in [4.69, 9.17) is 11.6 Å². The molecule has 18 heavy (non-hydrogen) atoms. The summed E-state index contributed by atoms with van der Waals surface area (Å²) in [6, 6.07) is 8.47. The maximum Gasteiger partial charge on any atom is 0.263 e. The molecule has 1 aromatic heterocycles. The van der Waals surface area contributed by atoms with Crippen molar-refractivity contribution < 1.29 is 13.6 Å². The number of ketones is 1. The van der Waals surface area contributed by atoms with Gasteiger partial charge in [-0.25, -0.2) is 8.78 Å². The molecule has 5 heteroatoms. The second-order valence-corrected chi connectivity index (χ2v) is 3.99. The van der Waals surface area contributed by atoms with Gasteiger partial charge in [-0.05, 0) is 24.3 Å². The molecule has 0 aliphatic carbocycles. The van der Waals surface area contributed by atoms with E-state index in [1.807, 2.05) is 0 Å². The number of rotatable bonds is 3. The van der Waals surface area contributed by atoms with Gasteiger partial charge in [-0.15, -0.1) is 0 Å². The molecule has 92 valence electrons. The van der Waals surface area contributed by atoms with Gasteiger partial charge in [0.15, 0.2) is 0 Å². The van der Waals surface area contributed by atoms with E-state index in [1.54, 1.807) is 18.2 Å². The van der Waals surface area contributed by atoms with E-state index in [2.05, 4.69) is 4.98 Å². The van der Waals surface area contributed by atoms with Gasteiger partial charge < -0.3 is 0 Å². The third-order valence-corrected chi connectivity index (χ3v) is 2.70. The number of benzene rings is 1. The van der Waals surface area contributed by atoms with Crippen LogP contribution in [0.15, 0.2) is 42.6 Å². The molecule has 0 spiro atoms. The number of halogens is 3. The minimum absolute atomic E-state index is 0.00320. The highest BCUT2D eigenvalue weighted by atomic mass is 35.5. The van der Waals surface area contributed by atoms with Crippen LogP contribution in [0.4, 0.5) is 8.78 Å². The lowest BCUT2D eigenvalue weighted by atomic mass is 10.1. The molecular formula is C13H8ClF2NO. The first-order valence-electron chi connectivity index (χ1n) is 5.13. The predicted molar refractivity (Wildman–Crippen MR) is 64.1 cm³/mol. The van der Waals surface area contributed by atoms with E-state index in [-0.39, 0.29) is 27.6 Å². The zero-order valence-corrected chi connectivity index (χ0v) is 9.86. The van der Waals surface area contributed by atoms with Gasteiger partial charge in [0.2, 0.25) is 5.78 Å². The summed E-state index contributed by atoms with van der Waals surface area (Å²) in [5.74, 6) is -0.388. The Bertz CT molecular complexity index is 572. The van der Waals surface area contributed by atoms with Crippen LogP contribution >= 0.6 is 11.6 Å². The highest BCUT2D eigenvalue weighted by molar-refractivity contribution is 6.34. The van der Waals surface area contributed by atoms with Crippen LogP contribution in [0.25, 0.3) is 0 Å². The lowest BCUT2D eigenvalue weighted by Gasteiger charge is -2.05. The van der Waals surface area contributed by atoms with Crippen LogP contribution in [0.5, 0.6) is 0 Å². The van der Waals surface area contributed by atoms with Crippen LogP contribution in [0.2, 0.25) is 5.02 Å². The van der Waals surface area contributed by atoms with Crippen molar-refractivity contribution in [2.75, 3.05) is 0 Å². The zero-order chi connectivity index (χ0) is 13.1. The Morgan fingerprint density at radius 3 is 2.56 bits per heavy atom. The van der Waals surface area contributed by atoms with Gasteiger partial charge in [-0.1, -0.05) is 23.7 Å². The Labute approximate surface area is 107 Å². The smallest absolute Gasteiger partial charge is 0.263 e. The molecule has 0 unspecified atom stereocenters. The van der Waals surface area contributed by atoms with Crippen molar-refractivity contribution in [3.63, 3.8) is 0 Å². The van der Waals surface area contributed by atoms with Gasteiger partial charge in [0.25, 0.3) is 6.43 Å². The van der Waals surface area contributed by atoms with E-state index in [9.17, 15) is 13.6 Å². The predicted octanol–water partition coefficient (Wildman–Crippen LogP) is 3.90. The minimum atomic E-state index is -2.61. The van der Waals surface area contributed by atoms with Crippen LogP contribution in [0, 0.1) is 0 Å². The first-order valence-corrected chi connectivity index (χ1v) is 5.50. The number of carbonyl (C=O) groups excluding carboxylic acids is 1. The van der Waals surface area contributed by atoms with Gasteiger partial charge in [-0.2, -0.15) is 0 Å². The second-order valence-electron chi connectivity index (χ2n) is 3.58. The Balaban J connectivity index is 2.38. The van der Waals surface area contributed by atoms with E-state index in [0.717, 1.165) is 6.07 Å². The number of carbonyl (C=O) groups is 1. The maximum atomic E-state index is 12.4. The molecule has 0 aliphatic rings. The number of pyridine rings is 1. The monoisotopic (exact) mass is 267 g/mol. The summed E-state index contributed by atoms with van der Waals surface area (Å²) in [5.41, 5.74) is 0.182. The molecule has 0 aliphatic heterocycles. The highest BCUT2D eigenvalue weighted by Crippen LogP contribution is 2.26. The molecule has 0 saturated heterocycles. The zero-order valence-electron chi connectivity index (χ0n) is 9.11. The molecule has 2 aromatic rings. The molecule has 0 N–H and O–H groups in total. The fraction of sp³-hybridized carbons (Fsp3) is 0.0769. The fourth-order valence-electron chi connectivity index (χ4n) is 1.49. The van der Waals surface area contributed by atoms with Crippen molar-refractivity contribution in [1.29, 1.82) is 0 Å². The molecule has 2 nitrogen and oxygen atoms in total. The number of aromatic nitrogens is 1. The van der Waals surface area contributed by atoms with E-state index < -0.39 is 6.43 Å². The fourth-order valence-corrected chi connectivity index (χ4v) is 1.76. The van der Waals surface area contributed by atoms with Crippen LogP contribution < -0.4 is 0 Å². The van der Waals surface area contributed by atoms with Crippen LogP contribution in [0.3, 0.4) is 0 Å². The quantitative estimate of drug-likeness (QED) is 0.790. The van der Waals surface area contributed by atoms with Crippen LogP contribution in [-0.2, 0) is 0 Å². The van der Waals surface area contributed by atoms with Gasteiger partial charge in [0, 0.05) is 17.3 Å². The van der Waals surface area contributed by atoms with Crippen molar-refractivity contribution in [2.24, 2.45) is 0 Å². The average molecular weight is 268 g/mol. The van der Waals surface area contributed by atoms with Crippen molar-refractivity contribution in [2.45, 2.75) is 6.43 Å². The Morgan fingerprint density at radius 1 is 1.22 bits per heavy atom. The molecule has 1 heterocycles. The van der Waals surface area contributed by atoms with Crippen molar-refractivity contribution in [3.8, 4) is 0 Å². The molecule has 0 atom stereocenters. The lowest BCUT2D eigenvalue weighted by molar-refractivity contribution is 0.103. The molecule has 2 rings (SSSR count). The lowest BCUT2D eigenvalue weighted by Crippen LogP contribution is -2.04. The topological polar surface area (TPSA) is 30.0 Å². The number of hydrogen-bond acceptors (Lipinski definition) is 2. The van der Waals surface area contributed by atoms with Crippen molar-refractivity contribution in [1.82, 2.24) is 4.98 Å². The Hall–Kier alpha value is -1.81. The standard InChI is InChI=1S/C13H8ClF2NO/c14-10-7-8(13(15)16)4-5-9(10)12(18)11-3-1-2-6-17-11/h1-7,13H. The van der Waals surface area contributed by atoms with Crippen molar-refractivity contribution in [3.05, 3.63) is 64.4 Å². The molecule has 0 amide bonds. The van der Waals surface area contributed by atoms with Crippen molar-refractivity contribution >= 4 is 17.4 Å². The largest absolute Gasteiger partial charge is 0.287 e. The van der Waals surface area contributed by atoms with Crippen LogP contribution in [-0.4, -0.2) is 10.8 Å². The Morgan fingerprint density at radius 2 is 2.00 bits per heavy atom. The maximum absolute atomic E-state index is 12.4. The molecule has 1 aromatic carbocycles. The molecule has 0 radical (unpaired) electrons. The summed E-state index contributed by atoms with van der Waals surface area (Å²) in [6.45, 7) is 0. The van der Waals surface area contributed by atoms with Gasteiger partial charge in [-0.3, -0.25) is 9.78 Å². The highest BCUT2D eigenvalue weighted by Gasteiger charge is 2.16. The third-order valence-electron chi connectivity index (χ3n) is 2.39. The molecule has 0 saturated carbocycles. The SMILES string of the molecule is O=C(c1ccccn1)c1ccc(C(F)F)cc1Cl. The third kappa shape index (κ3) is 2.54. The Kier molecular flexibility index (Phi) is 3.67. The molecule has 0 fully saturated rings. The van der Waals surface area contributed by atoms with Gasteiger partial charge >= 0.3 is 0 Å². The van der Waals surface area contributed by atoms with E-state index in [0.29, 0.717) is 0 Å². The number of hydrogen-bond donors (Lipinski definition) is 0.